The average Bonchev–Trinajstić information content (AvgIpc) is 3.74. The van der Waals surface area contributed by atoms with Gasteiger partial charge in [-0.15, -0.1) is 0 Å². The maximum Gasteiger partial charge on any atom is 0.233 e. The Hall–Kier alpha value is -4.67. The Kier molecular flexibility index (Phi) is 9.65. The molecule has 1 atom stereocenters. The maximum absolute atomic E-state index is 15.6. The predicted molar refractivity (Wildman–Crippen MR) is 187 cm³/mol. The third kappa shape index (κ3) is 6.99. The van der Waals surface area contributed by atoms with E-state index in [0.717, 1.165) is 48.9 Å². The van der Waals surface area contributed by atoms with Gasteiger partial charge in [-0.05, 0) is 68.9 Å². The molecule has 3 aromatic heterocycles. The zero-order valence-electron chi connectivity index (χ0n) is 28.9. The lowest BCUT2D eigenvalue weighted by molar-refractivity contribution is -0.0405. The lowest BCUT2D eigenvalue weighted by atomic mass is 10.1. The number of hydrogen-bond donors (Lipinski definition) is 0. The van der Waals surface area contributed by atoms with Crippen LogP contribution in [0.15, 0.2) is 53.6 Å². The van der Waals surface area contributed by atoms with E-state index in [1.807, 2.05) is 51.5 Å². The number of aromatic nitrogens is 6. The monoisotopic (exact) mass is 722 g/mol. The van der Waals surface area contributed by atoms with Crippen molar-refractivity contribution in [3.63, 3.8) is 0 Å². The molecule has 7 rings (SSSR count). The molecule has 13 nitrogen and oxygen atoms in total. The summed E-state index contributed by atoms with van der Waals surface area (Å²) in [5.74, 6) is -0.464. The molecule has 2 aliphatic rings. The second kappa shape index (κ2) is 14.2. The highest BCUT2D eigenvalue weighted by Gasteiger charge is 2.29. The molecular formula is C35H40F2N8O5S. The molecule has 2 aromatic carbocycles. The van der Waals surface area contributed by atoms with E-state index in [1.165, 1.54) is 11.9 Å². The topological polar surface area (TPSA) is 130 Å². The molecule has 2 aliphatic heterocycles. The molecule has 2 fully saturated rings. The van der Waals surface area contributed by atoms with Gasteiger partial charge in [-0.1, -0.05) is 12.1 Å². The third-order valence-electron chi connectivity index (χ3n) is 9.38. The number of ether oxygens (including phenoxy) is 3. The van der Waals surface area contributed by atoms with Gasteiger partial charge in [0.05, 0.1) is 36.2 Å². The Labute approximate surface area is 294 Å². The van der Waals surface area contributed by atoms with Crippen LogP contribution in [-0.2, 0) is 25.9 Å². The molecule has 0 aliphatic carbocycles. The summed E-state index contributed by atoms with van der Waals surface area (Å²) in [5.41, 5.74) is 1.78. The lowest BCUT2D eigenvalue weighted by Gasteiger charge is -2.27. The minimum atomic E-state index is -3.87. The van der Waals surface area contributed by atoms with Gasteiger partial charge in [-0.25, -0.2) is 26.6 Å². The van der Waals surface area contributed by atoms with Crippen LogP contribution in [0.4, 0.5) is 32.1 Å². The molecule has 0 saturated carbocycles. The van der Waals surface area contributed by atoms with E-state index in [-0.39, 0.29) is 18.2 Å². The first-order valence-electron chi connectivity index (χ1n) is 16.9. The quantitative estimate of drug-likeness (QED) is 0.164. The van der Waals surface area contributed by atoms with Crippen molar-refractivity contribution >= 4 is 44.1 Å². The van der Waals surface area contributed by atoms with Gasteiger partial charge in [-0.3, -0.25) is 0 Å². The summed E-state index contributed by atoms with van der Waals surface area (Å²) >= 11 is 0. The second-order valence-corrected chi connectivity index (χ2v) is 14.9. The van der Waals surface area contributed by atoms with Crippen LogP contribution in [0.2, 0.25) is 0 Å². The summed E-state index contributed by atoms with van der Waals surface area (Å²) in [7, 11) is -0.824. The van der Waals surface area contributed by atoms with Gasteiger partial charge in [-0.2, -0.15) is 20.2 Å². The van der Waals surface area contributed by atoms with Crippen molar-refractivity contribution in [3.05, 3.63) is 71.6 Å². The summed E-state index contributed by atoms with van der Waals surface area (Å²) < 4.78 is 76.3. The molecule has 5 heterocycles. The molecule has 51 heavy (non-hydrogen) atoms. The number of nitrogens with zero attached hydrogens (tertiary/aromatic N) is 8. The van der Waals surface area contributed by atoms with Crippen LogP contribution in [0.1, 0.15) is 55.6 Å². The van der Waals surface area contributed by atoms with E-state index < -0.39 is 32.1 Å². The van der Waals surface area contributed by atoms with Gasteiger partial charge in [0.15, 0.2) is 45.0 Å². The van der Waals surface area contributed by atoms with Crippen LogP contribution in [0.5, 0.6) is 5.75 Å². The van der Waals surface area contributed by atoms with Crippen molar-refractivity contribution in [1.82, 2.24) is 29.5 Å². The predicted octanol–water partition coefficient (Wildman–Crippen LogP) is 6.18. The molecular weight excluding hydrogens is 682 g/mol. The van der Waals surface area contributed by atoms with Gasteiger partial charge in [0.1, 0.15) is 11.4 Å². The van der Waals surface area contributed by atoms with Crippen molar-refractivity contribution in [2.75, 3.05) is 50.0 Å². The Morgan fingerprint density at radius 3 is 2.35 bits per heavy atom. The van der Waals surface area contributed by atoms with Crippen molar-refractivity contribution in [1.29, 1.82) is 0 Å². The third-order valence-corrected chi connectivity index (χ3v) is 10.5. The van der Waals surface area contributed by atoms with Crippen LogP contribution in [0.25, 0.3) is 11.0 Å². The van der Waals surface area contributed by atoms with Crippen LogP contribution in [0, 0.1) is 18.6 Å². The van der Waals surface area contributed by atoms with E-state index in [0.29, 0.717) is 67.6 Å². The molecule has 16 heteroatoms. The number of hydrogen-bond acceptors (Lipinski definition) is 11. The number of fused-ring (bicyclic) bond motifs is 1. The van der Waals surface area contributed by atoms with E-state index in [4.69, 9.17) is 34.4 Å². The van der Waals surface area contributed by atoms with E-state index >= 15 is 8.78 Å². The van der Waals surface area contributed by atoms with Crippen molar-refractivity contribution in [3.8, 4) is 5.75 Å². The van der Waals surface area contributed by atoms with E-state index in [9.17, 15) is 8.42 Å². The first-order valence-corrected chi connectivity index (χ1v) is 18.7. The standard InChI is InChI=1S/C35H40F2N8O5S/c1-22-17-30(41-44(22)31-7-5-6-14-50-31)43(21-23-8-10-25(48-3)11-9-23)33-27-20-38-45(24-12-15-49-16-13-24)34(27)40-35(39-33)42(2)32-28(36)18-26(19-29(32)37)51(4,46)47/h8-11,17-20,24,31H,5-7,12-16,21H2,1-4H3. The molecule has 270 valence electrons. The fourth-order valence-corrected chi connectivity index (χ4v) is 7.25. The first kappa shape index (κ1) is 34.8. The number of aryl methyl sites for hydroxylation is 1. The summed E-state index contributed by atoms with van der Waals surface area (Å²) in [5, 5.41) is 10.4. The number of anilines is 4. The Balaban J connectivity index is 1.41. The number of benzene rings is 2. The Bertz CT molecular complexity index is 2120. The molecule has 1 unspecified atom stereocenters. The highest BCUT2D eigenvalue weighted by Crippen LogP contribution is 2.38. The zero-order valence-corrected chi connectivity index (χ0v) is 29.7. The smallest absolute Gasteiger partial charge is 0.233 e. The van der Waals surface area contributed by atoms with Gasteiger partial charge in [0, 0.05) is 44.9 Å². The van der Waals surface area contributed by atoms with Crippen LogP contribution in [-0.4, -0.2) is 78.2 Å². The average molecular weight is 723 g/mol. The number of halogens is 2. The van der Waals surface area contributed by atoms with Gasteiger partial charge >= 0.3 is 0 Å². The zero-order chi connectivity index (χ0) is 35.9. The van der Waals surface area contributed by atoms with Crippen LogP contribution < -0.4 is 14.5 Å². The SMILES string of the molecule is COc1ccc(CN(c2cc(C)n(C3CCCCO3)n2)c2nc(N(C)c3c(F)cc(S(C)(=O)=O)cc3F)nc3c2cnn3C2CCOCC2)cc1. The summed E-state index contributed by atoms with van der Waals surface area (Å²) in [4.78, 5) is 12.4. The molecule has 0 spiro atoms. The molecule has 5 aromatic rings. The molecule has 0 N–H and O–H groups in total. The molecule has 0 amide bonds. The van der Waals surface area contributed by atoms with Gasteiger partial charge < -0.3 is 24.0 Å². The molecule has 0 radical (unpaired) electrons. The van der Waals surface area contributed by atoms with Gasteiger partial charge in [0.2, 0.25) is 5.95 Å². The normalized spacial score (nSPS) is 17.2. The highest BCUT2D eigenvalue weighted by atomic mass is 32.2. The number of rotatable bonds is 10. The first-order chi connectivity index (χ1) is 24.5. The number of methoxy groups -OCH3 is 1. The van der Waals surface area contributed by atoms with Crippen LogP contribution >= 0.6 is 0 Å². The van der Waals surface area contributed by atoms with E-state index in [2.05, 4.69) is 0 Å². The van der Waals surface area contributed by atoms with Crippen LogP contribution in [0.3, 0.4) is 0 Å². The van der Waals surface area contributed by atoms with Crippen molar-refractivity contribution in [2.24, 2.45) is 0 Å². The van der Waals surface area contributed by atoms with Crippen molar-refractivity contribution in [2.45, 2.75) is 62.7 Å². The molecule has 2 saturated heterocycles. The maximum atomic E-state index is 15.6. The fraction of sp³-hybridized carbons (Fsp3) is 0.429. The highest BCUT2D eigenvalue weighted by molar-refractivity contribution is 7.90. The molecule has 0 bridgehead atoms. The fourth-order valence-electron chi connectivity index (χ4n) is 6.62. The summed E-state index contributed by atoms with van der Waals surface area (Å²) in [6.07, 6.45) is 6.67. The van der Waals surface area contributed by atoms with E-state index in [1.54, 1.807) is 13.3 Å². The Morgan fingerprint density at radius 1 is 0.980 bits per heavy atom. The summed E-state index contributed by atoms with van der Waals surface area (Å²) in [6.45, 7) is 4.06. The summed E-state index contributed by atoms with van der Waals surface area (Å²) in [6, 6.07) is 11.2. The second-order valence-electron chi connectivity index (χ2n) is 12.9. The Morgan fingerprint density at radius 2 is 1.71 bits per heavy atom. The van der Waals surface area contributed by atoms with Gasteiger partial charge in [0.25, 0.3) is 0 Å². The largest absolute Gasteiger partial charge is 0.497 e. The minimum absolute atomic E-state index is 0.0253. The lowest BCUT2D eigenvalue weighted by Crippen LogP contribution is -2.24. The number of sulfone groups is 1. The minimum Gasteiger partial charge on any atom is -0.497 e. The van der Waals surface area contributed by atoms with Crippen molar-refractivity contribution < 1.29 is 31.4 Å².